The van der Waals surface area contributed by atoms with Crippen molar-refractivity contribution in [2.45, 2.75) is 18.9 Å². The van der Waals surface area contributed by atoms with Gasteiger partial charge in [-0.25, -0.2) is 9.97 Å². The molecule has 148 valence electrons. The van der Waals surface area contributed by atoms with Gasteiger partial charge in [0.05, 0.1) is 6.26 Å². The molecule has 1 unspecified atom stereocenters. The average Bonchev–Trinajstić information content (AvgIpc) is 3.36. The van der Waals surface area contributed by atoms with Gasteiger partial charge in [0.1, 0.15) is 17.7 Å². The molecule has 0 radical (unpaired) electrons. The Balaban J connectivity index is 0.00000225. The lowest BCUT2D eigenvalue weighted by molar-refractivity contribution is 0.0690. The zero-order valence-corrected chi connectivity index (χ0v) is 16.1. The molecule has 0 saturated carbocycles. The van der Waals surface area contributed by atoms with Crippen molar-refractivity contribution >= 4 is 29.9 Å². The summed E-state index contributed by atoms with van der Waals surface area (Å²) < 4.78 is 6.93. The first-order valence-electron chi connectivity index (χ1n) is 8.77. The second kappa shape index (κ2) is 7.99. The molecular formula is C18H21ClN6O3. The smallest absolute Gasteiger partial charge is 0.271 e. The number of aromatic nitrogens is 3. The number of halogens is 1. The van der Waals surface area contributed by atoms with Gasteiger partial charge in [-0.05, 0) is 38.1 Å². The number of hydrogen-bond donors (Lipinski definition) is 2. The molecule has 1 atom stereocenters. The van der Waals surface area contributed by atoms with Crippen molar-refractivity contribution in [3.8, 4) is 11.5 Å². The summed E-state index contributed by atoms with van der Waals surface area (Å²) in [6, 6.07) is 5.39. The van der Waals surface area contributed by atoms with E-state index in [1.54, 1.807) is 23.1 Å². The van der Waals surface area contributed by atoms with Gasteiger partial charge in [-0.15, -0.1) is 12.4 Å². The first-order chi connectivity index (χ1) is 13.1. The van der Waals surface area contributed by atoms with Gasteiger partial charge in [0, 0.05) is 19.1 Å². The number of amides is 2. The minimum atomic E-state index is -0.701. The van der Waals surface area contributed by atoms with E-state index in [1.807, 2.05) is 7.05 Å². The Hall–Kier alpha value is -2.91. The molecule has 1 fully saturated rings. The zero-order chi connectivity index (χ0) is 19.0. The Kier molecular flexibility index (Phi) is 5.66. The molecule has 0 spiro atoms. The molecule has 3 aromatic heterocycles. The van der Waals surface area contributed by atoms with Gasteiger partial charge in [-0.1, -0.05) is 0 Å². The van der Waals surface area contributed by atoms with Crippen LogP contribution in [-0.4, -0.2) is 57.3 Å². The van der Waals surface area contributed by atoms with Gasteiger partial charge in [0.2, 0.25) is 0 Å². The maximum atomic E-state index is 13.3. The number of fused-ring (bicyclic) bond motifs is 1. The van der Waals surface area contributed by atoms with Crippen molar-refractivity contribution in [1.82, 2.24) is 24.6 Å². The third-order valence-corrected chi connectivity index (χ3v) is 4.84. The Morgan fingerprint density at radius 1 is 1.39 bits per heavy atom. The lowest BCUT2D eigenvalue weighted by Gasteiger charge is -2.32. The number of likely N-dealkylation sites (tertiary alicyclic amines) is 1. The minimum Gasteiger partial charge on any atom is -0.463 e. The summed E-state index contributed by atoms with van der Waals surface area (Å²) >= 11 is 0. The standard InChI is InChI=1S/C18H20N6O3.ClH/c1-20-11-4-2-6-23(9-11)18(26)13-8-12(14-5-3-7-27-14)22-17-15(16(19)25)21-10-24(13)17;/h3,5,7-8,10-11,20H,2,4,6,9H2,1H3,(H2,19,25);1H. The van der Waals surface area contributed by atoms with Crippen LogP contribution in [0.25, 0.3) is 17.1 Å². The third-order valence-electron chi connectivity index (χ3n) is 4.84. The number of primary amides is 1. The Morgan fingerprint density at radius 2 is 2.21 bits per heavy atom. The SMILES string of the molecule is CNC1CCCN(C(=O)c2cc(-c3ccco3)nc3c(C(N)=O)ncn23)C1.Cl. The number of likely N-dealkylation sites (N-methyl/N-ethyl adjacent to an activating group) is 1. The molecule has 1 aliphatic rings. The Bertz CT molecular complexity index is 1000. The number of nitrogens with one attached hydrogen (secondary N) is 1. The normalized spacial score (nSPS) is 16.8. The van der Waals surface area contributed by atoms with E-state index in [1.165, 1.54) is 17.0 Å². The van der Waals surface area contributed by atoms with E-state index in [-0.39, 0.29) is 35.7 Å². The predicted molar refractivity (Wildman–Crippen MR) is 104 cm³/mol. The fraction of sp³-hybridized carbons (Fsp3) is 0.333. The summed E-state index contributed by atoms with van der Waals surface area (Å²) in [4.78, 5) is 35.3. The van der Waals surface area contributed by atoms with Gasteiger partial charge in [-0.3, -0.25) is 14.0 Å². The number of furan rings is 1. The van der Waals surface area contributed by atoms with Crippen LogP contribution in [0.1, 0.15) is 33.8 Å². The van der Waals surface area contributed by atoms with Gasteiger partial charge >= 0.3 is 0 Å². The number of hydrogen-bond acceptors (Lipinski definition) is 6. The van der Waals surface area contributed by atoms with Gasteiger partial charge < -0.3 is 20.4 Å². The molecule has 2 amide bonds. The number of nitrogens with zero attached hydrogens (tertiary/aromatic N) is 4. The molecule has 0 aromatic carbocycles. The van der Waals surface area contributed by atoms with Crippen LogP contribution in [0.2, 0.25) is 0 Å². The third kappa shape index (κ3) is 3.46. The van der Waals surface area contributed by atoms with Gasteiger partial charge in [-0.2, -0.15) is 0 Å². The lowest BCUT2D eigenvalue weighted by atomic mass is 10.1. The maximum absolute atomic E-state index is 13.3. The van der Waals surface area contributed by atoms with Gasteiger partial charge in [0.25, 0.3) is 11.8 Å². The molecule has 1 aliphatic heterocycles. The summed E-state index contributed by atoms with van der Waals surface area (Å²) in [6.07, 6.45) is 4.88. The van der Waals surface area contributed by atoms with Gasteiger partial charge in [0.15, 0.2) is 17.1 Å². The zero-order valence-electron chi connectivity index (χ0n) is 15.3. The van der Waals surface area contributed by atoms with E-state index in [0.29, 0.717) is 30.2 Å². The van der Waals surface area contributed by atoms with E-state index >= 15 is 0 Å². The fourth-order valence-electron chi connectivity index (χ4n) is 3.42. The van der Waals surface area contributed by atoms with Crippen LogP contribution in [0.3, 0.4) is 0 Å². The Labute approximate surface area is 167 Å². The molecule has 9 nitrogen and oxygen atoms in total. The Morgan fingerprint density at radius 3 is 2.89 bits per heavy atom. The van der Waals surface area contributed by atoms with E-state index in [9.17, 15) is 9.59 Å². The predicted octanol–water partition coefficient (Wildman–Crippen LogP) is 1.33. The molecule has 0 aliphatic carbocycles. The summed E-state index contributed by atoms with van der Waals surface area (Å²) in [6.45, 7) is 1.29. The van der Waals surface area contributed by atoms with Crippen molar-refractivity contribution in [3.63, 3.8) is 0 Å². The molecule has 4 heterocycles. The van der Waals surface area contributed by atoms with Crippen molar-refractivity contribution in [2.75, 3.05) is 20.1 Å². The molecule has 1 saturated heterocycles. The van der Waals surface area contributed by atoms with E-state index in [2.05, 4.69) is 15.3 Å². The van der Waals surface area contributed by atoms with E-state index in [0.717, 1.165) is 12.8 Å². The highest BCUT2D eigenvalue weighted by Gasteiger charge is 2.27. The van der Waals surface area contributed by atoms with Crippen LogP contribution in [0.4, 0.5) is 0 Å². The molecule has 4 rings (SSSR count). The van der Waals surface area contributed by atoms with Crippen molar-refractivity contribution in [2.24, 2.45) is 5.73 Å². The molecule has 3 N–H and O–H groups in total. The molecular weight excluding hydrogens is 384 g/mol. The van der Waals surface area contributed by atoms with E-state index < -0.39 is 5.91 Å². The highest BCUT2D eigenvalue weighted by molar-refractivity contribution is 5.99. The summed E-state index contributed by atoms with van der Waals surface area (Å²) in [7, 11) is 1.90. The lowest BCUT2D eigenvalue weighted by Crippen LogP contribution is -2.47. The second-order valence-corrected chi connectivity index (χ2v) is 6.53. The summed E-state index contributed by atoms with van der Waals surface area (Å²) in [5.41, 5.74) is 6.48. The molecule has 0 bridgehead atoms. The monoisotopic (exact) mass is 404 g/mol. The number of nitrogens with two attached hydrogens (primary N) is 1. The van der Waals surface area contributed by atoms with Crippen LogP contribution in [0.5, 0.6) is 0 Å². The first kappa shape index (κ1) is 19.8. The first-order valence-corrected chi connectivity index (χ1v) is 8.77. The largest absolute Gasteiger partial charge is 0.463 e. The topological polar surface area (TPSA) is 119 Å². The number of piperidine rings is 1. The summed E-state index contributed by atoms with van der Waals surface area (Å²) in [5.74, 6) is -0.355. The average molecular weight is 405 g/mol. The minimum absolute atomic E-state index is 0. The highest BCUT2D eigenvalue weighted by Crippen LogP contribution is 2.23. The fourth-order valence-corrected chi connectivity index (χ4v) is 3.42. The maximum Gasteiger partial charge on any atom is 0.271 e. The molecule has 28 heavy (non-hydrogen) atoms. The van der Waals surface area contributed by atoms with Crippen LogP contribution < -0.4 is 11.1 Å². The highest BCUT2D eigenvalue weighted by atomic mass is 35.5. The van der Waals surface area contributed by atoms with Crippen molar-refractivity contribution < 1.29 is 14.0 Å². The van der Waals surface area contributed by atoms with Crippen LogP contribution in [-0.2, 0) is 0 Å². The van der Waals surface area contributed by atoms with Crippen molar-refractivity contribution in [1.29, 1.82) is 0 Å². The van der Waals surface area contributed by atoms with Crippen molar-refractivity contribution in [3.05, 3.63) is 42.2 Å². The molecule has 10 heteroatoms. The summed E-state index contributed by atoms with van der Waals surface area (Å²) in [5, 5.41) is 3.23. The number of carbonyl (C=O) groups excluding carboxylic acids is 2. The van der Waals surface area contributed by atoms with Crippen LogP contribution >= 0.6 is 12.4 Å². The molecule has 3 aromatic rings. The number of imidazole rings is 1. The second-order valence-electron chi connectivity index (χ2n) is 6.53. The van der Waals surface area contributed by atoms with E-state index in [4.69, 9.17) is 10.2 Å². The number of carbonyl (C=O) groups is 2. The van der Waals surface area contributed by atoms with Crippen LogP contribution in [0, 0.1) is 0 Å². The quantitative estimate of drug-likeness (QED) is 0.677. The number of rotatable bonds is 4. The van der Waals surface area contributed by atoms with Crippen LogP contribution in [0.15, 0.2) is 35.2 Å².